The molecular weight excluding hydrogens is 504 g/mol. The van der Waals surface area contributed by atoms with E-state index in [4.69, 9.17) is 0 Å². The fourth-order valence-corrected chi connectivity index (χ4v) is 6.59. The standard InChI is InChI=1S/C17H16N10O4S3/c28-11(4-9-2-1-3-32-9)18-12-14(29)27-13(16(30)31)8(6-33-15(12)27)7-34-17-21-24-25-26(17)5-10-19-22-23-20-10/h1-3,12,15H,4-7H2,(H,18,28)(H,30,31)(H,19,20,22,23)/t12-,15-/m1/s1. The summed E-state index contributed by atoms with van der Waals surface area (Å²) in [7, 11) is 0. The maximum Gasteiger partial charge on any atom is 0.352 e. The van der Waals surface area contributed by atoms with Crippen molar-refractivity contribution in [2.45, 2.75) is 29.5 Å². The molecular formula is C17H16N10O4S3. The van der Waals surface area contributed by atoms with Gasteiger partial charge >= 0.3 is 5.97 Å². The van der Waals surface area contributed by atoms with E-state index in [2.05, 4.69) is 41.5 Å². The van der Waals surface area contributed by atoms with Crippen LogP contribution in [0.5, 0.6) is 0 Å². The molecule has 0 spiro atoms. The van der Waals surface area contributed by atoms with E-state index in [0.29, 0.717) is 22.3 Å². The van der Waals surface area contributed by atoms with Gasteiger partial charge in [0, 0.05) is 16.4 Å². The third-order valence-electron chi connectivity index (χ3n) is 5.04. The van der Waals surface area contributed by atoms with Crippen molar-refractivity contribution in [3.63, 3.8) is 0 Å². The van der Waals surface area contributed by atoms with Crippen LogP contribution < -0.4 is 5.32 Å². The lowest BCUT2D eigenvalue weighted by Gasteiger charge is -2.49. The third kappa shape index (κ3) is 4.40. The maximum absolute atomic E-state index is 12.8. The summed E-state index contributed by atoms with van der Waals surface area (Å²) in [6.07, 6.45) is 0.181. The van der Waals surface area contributed by atoms with Gasteiger partial charge in [0.25, 0.3) is 5.91 Å². The Morgan fingerprint density at radius 1 is 1.35 bits per heavy atom. The van der Waals surface area contributed by atoms with Crippen LogP contribution in [0.2, 0.25) is 0 Å². The van der Waals surface area contributed by atoms with E-state index in [-0.39, 0.29) is 30.3 Å². The average Bonchev–Trinajstić information content (AvgIpc) is 3.59. The molecule has 176 valence electrons. The first kappa shape index (κ1) is 22.5. The predicted molar refractivity (Wildman–Crippen MR) is 120 cm³/mol. The number of nitrogens with one attached hydrogen (secondary N) is 2. The van der Waals surface area contributed by atoms with Gasteiger partial charge in [-0.3, -0.25) is 14.5 Å². The zero-order chi connectivity index (χ0) is 23.7. The molecule has 0 radical (unpaired) electrons. The number of amides is 2. The number of aliphatic carboxylic acids is 1. The van der Waals surface area contributed by atoms with Crippen molar-refractivity contribution in [3.05, 3.63) is 39.5 Å². The molecule has 5 rings (SSSR count). The maximum atomic E-state index is 12.8. The van der Waals surface area contributed by atoms with Crippen molar-refractivity contribution in [1.82, 2.24) is 51.0 Å². The van der Waals surface area contributed by atoms with Crippen molar-refractivity contribution in [1.29, 1.82) is 0 Å². The Hall–Kier alpha value is -3.31. The van der Waals surface area contributed by atoms with Gasteiger partial charge in [0.2, 0.25) is 11.1 Å². The number of aromatic amines is 1. The lowest BCUT2D eigenvalue weighted by Crippen LogP contribution is -2.70. The summed E-state index contributed by atoms with van der Waals surface area (Å²) < 4.78 is 1.48. The van der Waals surface area contributed by atoms with Crippen LogP contribution in [-0.4, -0.2) is 91.5 Å². The number of thioether (sulfide) groups is 2. The Morgan fingerprint density at radius 2 is 2.24 bits per heavy atom. The van der Waals surface area contributed by atoms with Gasteiger partial charge in [-0.15, -0.1) is 38.4 Å². The first-order valence-corrected chi connectivity index (χ1v) is 12.8. The molecule has 0 saturated carbocycles. The minimum atomic E-state index is -1.19. The largest absolute Gasteiger partial charge is 0.477 e. The number of nitrogens with zero attached hydrogens (tertiary/aromatic N) is 8. The Morgan fingerprint density at radius 3 is 2.97 bits per heavy atom. The number of hydrogen-bond donors (Lipinski definition) is 3. The number of fused-ring (bicyclic) bond motifs is 1. The van der Waals surface area contributed by atoms with E-state index in [0.717, 1.165) is 4.88 Å². The van der Waals surface area contributed by atoms with Gasteiger partial charge in [-0.1, -0.05) is 23.0 Å². The van der Waals surface area contributed by atoms with Crippen molar-refractivity contribution in [2.24, 2.45) is 0 Å². The molecule has 2 amide bonds. The van der Waals surface area contributed by atoms with Crippen LogP contribution in [0, 0.1) is 0 Å². The number of H-pyrrole nitrogens is 1. The normalized spacial score (nSPS) is 19.6. The van der Waals surface area contributed by atoms with Gasteiger partial charge in [0.15, 0.2) is 5.82 Å². The zero-order valence-electron chi connectivity index (χ0n) is 17.2. The summed E-state index contributed by atoms with van der Waals surface area (Å²) in [5.74, 6) is -0.826. The molecule has 3 N–H and O–H groups in total. The Bertz CT molecular complexity index is 1240. The summed E-state index contributed by atoms with van der Waals surface area (Å²) in [5, 5.41) is 39.5. The molecule has 0 unspecified atom stereocenters. The molecule has 2 aliphatic rings. The van der Waals surface area contributed by atoms with Crippen molar-refractivity contribution < 1.29 is 19.5 Å². The van der Waals surface area contributed by atoms with Crippen LogP contribution >= 0.6 is 34.9 Å². The third-order valence-corrected chi connectivity index (χ3v) is 8.30. The molecule has 2 atom stereocenters. The van der Waals surface area contributed by atoms with Crippen LogP contribution in [0.3, 0.4) is 0 Å². The fraction of sp³-hybridized carbons (Fsp3) is 0.353. The number of carbonyl (C=O) groups excluding carboxylic acids is 2. The number of carboxylic acids is 1. The second-order valence-electron chi connectivity index (χ2n) is 7.20. The van der Waals surface area contributed by atoms with Gasteiger partial charge in [0.1, 0.15) is 23.7 Å². The van der Waals surface area contributed by atoms with Crippen LogP contribution in [0.4, 0.5) is 0 Å². The van der Waals surface area contributed by atoms with E-state index in [1.54, 1.807) is 0 Å². The summed E-state index contributed by atoms with van der Waals surface area (Å²) in [6, 6.07) is 2.96. The van der Waals surface area contributed by atoms with E-state index < -0.39 is 23.3 Å². The molecule has 0 aliphatic carbocycles. The van der Waals surface area contributed by atoms with E-state index in [1.165, 1.54) is 44.4 Å². The summed E-state index contributed by atoms with van der Waals surface area (Å²) >= 11 is 4.12. The number of carboxylic acid groups (broad SMARTS) is 1. The number of carbonyl (C=O) groups is 3. The van der Waals surface area contributed by atoms with Crippen molar-refractivity contribution >= 4 is 52.6 Å². The average molecular weight is 521 g/mol. The minimum Gasteiger partial charge on any atom is -0.477 e. The number of rotatable bonds is 9. The quantitative estimate of drug-likeness (QED) is 0.240. The highest BCUT2D eigenvalue weighted by molar-refractivity contribution is 8.01. The SMILES string of the molecule is O=C(Cc1cccs1)N[C@@H]1C(=O)N2C(C(=O)O)=C(CSc3nnnn3Cc3nn[nH]n3)CS[C@H]12. The molecule has 14 nitrogen and oxygen atoms in total. The highest BCUT2D eigenvalue weighted by Gasteiger charge is 2.54. The molecule has 3 aromatic rings. The molecule has 0 bridgehead atoms. The Labute approximate surface area is 203 Å². The summed E-state index contributed by atoms with van der Waals surface area (Å²) in [4.78, 5) is 39.3. The second-order valence-corrected chi connectivity index (χ2v) is 10.3. The fourth-order valence-electron chi connectivity index (χ4n) is 3.52. The monoisotopic (exact) mass is 520 g/mol. The van der Waals surface area contributed by atoms with Crippen LogP contribution in [0.25, 0.3) is 0 Å². The molecule has 17 heteroatoms. The molecule has 1 fully saturated rings. The smallest absolute Gasteiger partial charge is 0.352 e. The van der Waals surface area contributed by atoms with E-state index >= 15 is 0 Å². The van der Waals surface area contributed by atoms with Crippen LogP contribution in [0.1, 0.15) is 10.7 Å². The molecule has 5 heterocycles. The molecule has 3 aromatic heterocycles. The topological polar surface area (TPSA) is 185 Å². The van der Waals surface area contributed by atoms with Crippen LogP contribution in [0.15, 0.2) is 33.9 Å². The van der Waals surface area contributed by atoms with Gasteiger partial charge in [-0.25, -0.2) is 9.48 Å². The lowest BCUT2D eigenvalue weighted by molar-refractivity contribution is -0.150. The molecule has 0 aromatic carbocycles. The zero-order valence-corrected chi connectivity index (χ0v) is 19.6. The van der Waals surface area contributed by atoms with E-state index in [1.807, 2.05) is 17.5 Å². The van der Waals surface area contributed by atoms with Gasteiger partial charge in [-0.05, 0) is 27.4 Å². The lowest BCUT2D eigenvalue weighted by atomic mass is 10.0. The Balaban J connectivity index is 1.26. The van der Waals surface area contributed by atoms with Crippen LogP contribution in [-0.2, 0) is 27.3 Å². The van der Waals surface area contributed by atoms with Gasteiger partial charge in [-0.2, -0.15) is 5.21 Å². The number of β-lactam (4-membered cyclic amide) rings is 1. The molecule has 34 heavy (non-hydrogen) atoms. The summed E-state index contributed by atoms with van der Waals surface area (Å²) in [5.41, 5.74) is 0.520. The van der Waals surface area contributed by atoms with E-state index in [9.17, 15) is 19.5 Å². The molecule has 1 saturated heterocycles. The van der Waals surface area contributed by atoms with Crippen molar-refractivity contribution in [2.75, 3.05) is 11.5 Å². The Kier molecular flexibility index (Phi) is 6.29. The number of thiophene rings is 1. The van der Waals surface area contributed by atoms with Crippen molar-refractivity contribution in [3.8, 4) is 0 Å². The number of aromatic nitrogens is 8. The first-order chi connectivity index (χ1) is 16.5. The highest BCUT2D eigenvalue weighted by Crippen LogP contribution is 2.41. The number of hydrogen-bond acceptors (Lipinski definition) is 12. The molecule has 2 aliphatic heterocycles. The highest BCUT2D eigenvalue weighted by atomic mass is 32.2. The predicted octanol–water partition coefficient (Wildman–Crippen LogP) is -0.631. The number of tetrazole rings is 2. The second kappa shape index (κ2) is 9.51. The minimum absolute atomic E-state index is 0.0535. The van der Waals surface area contributed by atoms with Gasteiger partial charge < -0.3 is 10.4 Å². The summed E-state index contributed by atoms with van der Waals surface area (Å²) in [6.45, 7) is 0.199. The van der Waals surface area contributed by atoms with Gasteiger partial charge in [0.05, 0.1) is 6.42 Å². The first-order valence-electron chi connectivity index (χ1n) is 9.84.